The van der Waals surface area contributed by atoms with Gasteiger partial charge in [0.15, 0.2) is 5.11 Å². The maximum atomic E-state index is 6.03. The van der Waals surface area contributed by atoms with Gasteiger partial charge in [-0.05, 0) is 56.1 Å². The van der Waals surface area contributed by atoms with E-state index in [1.54, 1.807) is 6.07 Å². The first-order valence-electron chi connectivity index (χ1n) is 7.04. The molecule has 0 aromatic heterocycles. The van der Waals surface area contributed by atoms with Crippen LogP contribution in [0.1, 0.15) is 33.1 Å². The molecule has 0 unspecified atom stereocenters. The van der Waals surface area contributed by atoms with Gasteiger partial charge in [-0.15, -0.1) is 0 Å². The van der Waals surface area contributed by atoms with Gasteiger partial charge in [-0.1, -0.05) is 36.5 Å². The van der Waals surface area contributed by atoms with Gasteiger partial charge in [-0.2, -0.15) is 0 Å². The minimum Gasteiger partial charge on any atom is -0.346 e. The average Bonchev–Trinajstić information content (AvgIpc) is 2.43. The molecular formula is C15H20Cl2N2S. The van der Waals surface area contributed by atoms with Crippen molar-refractivity contribution in [2.45, 2.75) is 39.2 Å². The lowest BCUT2D eigenvalue weighted by Crippen LogP contribution is -2.47. The summed E-state index contributed by atoms with van der Waals surface area (Å²) in [5.74, 6) is 0.736. The molecule has 1 aliphatic rings. The topological polar surface area (TPSA) is 15.3 Å². The fraction of sp³-hybridized carbons (Fsp3) is 0.533. The lowest BCUT2D eigenvalue weighted by Gasteiger charge is -2.39. The quantitative estimate of drug-likeness (QED) is 0.750. The van der Waals surface area contributed by atoms with E-state index in [1.807, 2.05) is 12.1 Å². The van der Waals surface area contributed by atoms with Gasteiger partial charge in [-0.3, -0.25) is 0 Å². The van der Waals surface area contributed by atoms with Crippen molar-refractivity contribution in [1.82, 2.24) is 4.90 Å². The number of likely N-dealkylation sites (tertiary alicyclic amines) is 1. The number of piperidine rings is 1. The summed E-state index contributed by atoms with van der Waals surface area (Å²) in [5.41, 5.74) is 0.884. The minimum atomic E-state index is 0.487. The molecule has 1 N–H and O–H groups in total. The Morgan fingerprint density at radius 1 is 1.35 bits per heavy atom. The van der Waals surface area contributed by atoms with Crippen LogP contribution in [-0.2, 0) is 0 Å². The number of hydrogen-bond donors (Lipinski definition) is 1. The van der Waals surface area contributed by atoms with Gasteiger partial charge in [0.05, 0.1) is 10.0 Å². The standard InChI is InChI=1S/C15H20Cl2N2S/c1-3-11-5-4-10(2)19(9-11)15(20)18-12-6-7-13(16)14(17)8-12/h6-8,10-11H,3-5,9H2,1-2H3,(H,18,20)/t10-,11+/m0/s1. The van der Waals surface area contributed by atoms with Crippen LogP contribution in [0.2, 0.25) is 10.0 Å². The predicted molar refractivity (Wildman–Crippen MR) is 91.9 cm³/mol. The lowest BCUT2D eigenvalue weighted by atomic mass is 9.92. The first kappa shape index (κ1) is 15.9. The van der Waals surface area contributed by atoms with E-state index < -0.39 is 0 Å². The van der Waals surface area contributed by atoms with Crippen LogP contribution in [0.4, 0.5) is 5.69 Å². The maximum absolute atomic E-state index is 6.03. The Morgan fingerprint density at radius 3 is 2.75 bits per heavy atom. The Hall–Kier alpha value is -0.510. The van der Waals surface area contributed by atoms with Crippen molar-refractivity contribution in [2.24, 2.45) is 5.92 Å². The highest BCUT2D eigenvalue weighted by Gasteiger charge is 2.26. The summed E-state index contributed by atoms with van der Waals surface area (Å²) in [7, 11) is 0. The predicted octanol–water partition coefficient (Wildman–Crippen LogP) is 5.20. The maximum Gasteiger partial charge on any atom is 0.173 e. The van der Waals surface area contributed by atoms with Gasteiger partial charge in [0.25, 0.3) is 0 Å². The summed E-state index contributed by atoms with van der Waals surface area (Å²) in [6, 6.07) is 5.97. The van der Waals surface area contributed by atoms with Crippen LogP contribution < -0.4 is 5.32 Å². The summed E-state index contributed by atoms with van der Waals surface area (Å²) in [6.45, 7) is 5.51. The molecule has 2 nitrogen and oxygen atoms in total. The summed E-state index contributed by atoms with van der Waals surface area (Å²) >= 11 is 17.5. The van der Waals surface area contributed by atoms with Crippen LogP contribution in [0.5, 0.6) is 0 Å². The highest BCUT2D eigenvalue weighted by molar-refractivity contribution is 7.80. The number of anilines is 1. The van der Waals surface area contributed by atoms with Crippen LogP contribution >= 0.6 is 35.4 Å². The van der Waals surface area contributed by atoms with Crippen molar-refractivity contribution in [1.29, 1.82) is 0 Å². The molecule has 2 atom stereocenters. The average molecular weight is 331 g/mol. The lowest BCUT2D eigenvalue weighted by molar-refractivity contribution is 0.196. The zero-order chi connectivity index (χ0) is 14.7. The number of hydrogen-bond acceptors (Lipinski definition) is 1. The third-order valence-corrected chi connectivity index (χ3v) is 5.06. The van der Waals surface area contributed by atoms with E-state index in [1.165, 1.54) is 19.3 Å². The summed E-state index contributed by atoms with van der Waals surface area (Å²) in [4.78, 5) is 2.29. The first-order valence-corrected chi connectivity index (χ1v) is 8.20. The second-order valence-electron chi connectivity index (χ2n) is 5.41. The molecule has 1 heterocycles. The molecule has 1 aromatic rings. The molecule has 0 spiro atoms. The van der Waals surface area contributed by atoms with Crippen LogP contribution in [0, 0.1) is 5.92 Å². The van der Waals surface area contributed by atoms with Gasteiger partial charge in [0, 0.05) is 18.3 Å². The van der Waals surface area contributed by atoms with E-state index in [0.29, 0.717) is 16.1 Å². The Bertz CT molecular complexity index is 493. The van der Waals surface area contributed by atoms with Gasteiger partial charge >= 0.3 is 0 Å². The summed E-state index contributed by atoms with van der Waals surface area (Å²) < 4.78 is 0. The van der Waals surface area contributed by atoms with E-state index >= 15 is 0 Å². The fourth-order valence-electron chi connectivity index (χ4n) is 2.57. The molecule has 1 saturated heterocycles. The Labute approximate surface area is 136 Å². The molecular weight excluding hydrogens is 311 g/mol. The molecule has 20 heavy (non-hydrogen) atoms. The molecule has 2 rings (SSSR count). The molecule has 1 fully saturated rings. The van der Waals surface area contributed by atoms with Crippen molar-refractivity contribution in [2.75, 3.05) is 11.9 Å². The molecule has 5 heteroatoms. The van der Waals surface area contributed by atoms with Crippen molar-refractivity contribution < 1.29 is 0 Å². The molecule has 0 bridgehead atoms. The van der Waals surface area contributed by atoms with Crippen molar-refractivity contribution in [3.8, 4) is 0 Å². The zero-order valence-corrected chi connectivity index (χ0v) is 14.2. The highest BCUT2D eigenvalue weighted by Crippen LogP contribution is 2.27. The molecule has 1 aromatic carbocycles. The van der Waals surface area contributed by atoms with E-state index in [2.05, 4.69) is 24.1 Å². The van der Waals surface area contributed by atoms with Gasteiger partial charge in [0.1, 0.15) is 0 Å². The number of rotatable bonds is 2. The molecule has 0 aliphatic carbocycles. The first-order chi connectivity index (χ1) is 9.51. The number of nitrogens with zero attached hydrogens (tertiary/aromatic N) is 1. The Morgan fingerprint density at radius 2 is 2.10 bits per heavy atom. The molecule has 110 valence electrons. The Balaban J connectivity index is 2.04. The van der Waals surface area contributed by atoms with Crippen molar-refractivity contribution in [3.63, 3.8) is 0 Å². The summed E-state index contributed by atoms with van der Waals surface area (Å²) in [5, 5.41) is 5.14. The normalized spacial score (nSPS) is 22.7. The van der Waals surface area contributed by atoms with Crippen molar-refractivity contribution >= 4 is 46.2 Å². The molecule has 0 amide bonds. The van der Waals surface area contributed by atoms with E-state index in [4.69, 9.17) is 35.4 Å². The van der Waals surface area contributed by atoms with Crippen LogP contribution in [0.25, 0.3) is 0 Å². The van der Waals surface area contributed by atoms with Gasteiger partial charge in [-0.25, -0.2) is 0 Å². The number of thiocarbonyl (C=S) groups is 1. The second-order valence-corrected chi connectivity index (χ2v) is 6.61. The number of halogens is 2. The second kappa shape index (κ2) is 6.97. The monoisotopic (exact) mass is 330 g/mol. The van der Waals surface area contributed by atoms with Gasteiger partial charge < -0.3 is 10.2 Å². The molecule has 0 radical (unpaired) electrons. The van der Waals surface area contributed by atoms with Crippen LogP contribution in [0.15, 0.2) is 18.2 Å². The zero-order valence-electron chi connectivity index (χ0n) is 11.8. The van der Waals surface area contributed by atoms with Gasteiger partial charge in [0.2, 0.25) is 0 Å². The fourth-order valence-corrected chi connectivity index (χ4v) is 3.24. The highest BCUT2D eigenvalue weighted by atomic mass is 35.5. The largest absolute Gasteiger partial charge is 0.346 e. The van der Waals surface area contributed by atoms with Crippen LogP contribution in [0.3, 0.4) is 0 Å². The van der Waals surface area contributed by atoms with Crippen LogP contribution in [-0.4, -0.2) is 22.6 Å². The Kier molecular flexibility index (Phi) is 5.53. The minimum absolute atomic E-state index is 0.487. The third kappa shape index (κ3) is 3.78. The molecule has 1 aliphatic heterocycles. The van der Waals surface area contributed by atoms with Crippen molar-refractivity contribution in [3.05, 3.63) is 28.2 Å². The third-order valence-electron chi connectivity index (χ3n) is 3.99. The number of nitrogens with one attached hydrogen (secondary N) is 1. The van der Waals surface area contributed by atoms with E-state index in [-0.39, 0.29) is 0 Å². The SMILES string of the molecule is CC[C@@H]1CC[C@H](C)N(C(=S)Nc2ccc(Cl)c(Cl)c2)C1. The van der Waals surface area contributed by atoms with E-state index in [9.17, 15) is 0 Å². The van der Waals surface area contributed by atoms with E-state index in [0.717, 1.165) is 23.3 Å². The smallest absolute Gasteiger partial charge is 0.173 e. The molecule has 0 saturated carbocycles. The summed E-state index contributed by atoms with van der Waals surface area (Å²) in [6.07, 6.45) is 3.70. The number of benzene rings is 1.